The van der Waals surface area contributed by atoms with Crippen LogP contribution in [0.15, 0.2) is 16.5 Å². The van der Waals surface area contributed by atoms with Crippen LogP contribution in [0.1, 0.15) is 36.6 Å². The zero-order chi connectivity index (χ0) is 13.7. The maximum Gasteiger partial charge on any atom is 0.371 e. The van der Waals surface area contributed by atoms with Gasteiger partial charge in [0.25, 0.3) is 0 Å². The van der Waals surface area contributed by atoms with Gasteiger partial charge in [0.2, 0.25) is 11.7 Å². The average molecular weight is 254 g/mol. The fourth-order valence-electron chi connectivity index (χ4n) is 1.30. The molecule has 6 heteroatoms. The summed E-state index contributed by atoms with van der Waals surface area (Å²) in [6.45, 7) is 4.06. The molecule has 1 amide bonds. The second kappa shape index (κ2) is 6.20. The Hall–Kier alpha value is -1.82. The molecule has 0 bridgehead atoms. The highest BCUT2D eigenvalue weighted by Gasteiger charge is 2.14. The molecule has 1 heterocycles. The number of carboxylic acid groups (broad SMARTS) is 1. The maximum atomic E-state index is 11.5. The van der Waals surface area contributed by atoms with Crippen LogP contribution in [0.2, 0.25) is 0 Å². The third-order valence-corrected chi connectivity index (χ3v) is 2.61. The summed E-state index contributed by atoms with van der Waals surface area (Å²) in [6.07, 6.45) is 0.240. The van der Waals surface area contributed by atoms with E-state index >= 15 is 0 Å². The van der Waals surface area contributed by atoms with Crippen LogP contribution in [0.25, 0.3) is 0 Å². The first-order chi connectivity index (χ1) is 8.40. The van der Waals surface area contributed by atoms with E-state index in [-0.39, 0.29) is 36.6 Å². The van der Waals surface area contributed by atoms with Gasteiger partial charge in [-0.2, -0.15) is 0 Å². The molecule has 100 valence electrons. The van der Waals surface area contributed by atoms with Crippen molar-refractivity contribution in [1.29, 1.82) is 0 Å². The quantitative estimate of drug-likeness (QED) is 0.701. The summed E-state index contributed by atoms with van der Waals surface area (Å²) in [4.78, 5) is 22.1. The van der Waals surface area contributed by atoms with Crippen LogP contribution in [0, 0.1) is 5.92 Å². The summed E-state index contributed by atoms with van der Waals surface area (Å²) >= 11 is 0. The van der Waals surface area contributed by atoms with Crippen LogP contribution in [-0.4, -0.2) is 23.0 Å². The summed E-state index contributed by atoms with van der Waals surface area (Å²) in [6, 6.07) is 2.69. The standard InChI is InChI=1S/C12H18N2O4/c1-7(2)9(13)5-11(15)14-6-8-3-4-10(18-8)12(16)17/h3-4,7,9H,5-6,13H2,1-2H3,(H,14,15)(H,16,17). The Kier molecular flexibility index (Phi) is 4.91. The first-order valence-corrected chi connectivity index (χ1v) is 5.74. The van der Waals surface area contributed by atoms with Gasteiger partial charge in [-0.1, -0.05) is 13.8 Å². The normalized spacial score (nSPS) is 12.4. The fourth-order valence-corrected chi connectivity index (χ4v) is 1.30. The smallest absolute Gasteiger partial charge is 0.371 e. The molecule has 0 aliphatic heterocycles. The summed E-state index contributed by atoms with van der Waals surface area (Å²) in [5.41, 5.74) is 5.77. The number of carbonyl (C=O) groups is 2. The largest absolute Gasteiger partial charge is 0.475 e. The van der Waals surface area contributed by atoms with Gasteiger partial charge in [0, 0.05) is 12.5 Å². The van der Waals surface area contributed by atoms with Crippen LogP contribution < -0.4 is 11.1 Å². The number of furan rings is 1. The Morgan fingerprint density at radius 2 is 2.11 bits per heavy atom. The van der Waals surface area contributed by atoms with Crippen LogP contribution >= 0.6 is 0 Å². The van der Waals surface area contributed by atoms with E-state index in [0.29, 0.717) is 5.76 Å². The van der Waals surface area contributed by atoms with Gasteiger partial charge in [-0.3, -0.25) is 4.79 Å². The Morgan fingerprint density at radius 1 is 1.44 bits per heavy atom. The molecule has 0 radical (unpaired) electrons. The predicted molar refractivity (Wildman–Crippen MR) is 64.9 cm³/mol. The van der Waals surface area contributed by atoms with Crippen molar-refractivity contribution in [1.82, 2.24) is 5.32 Å². The Bertz CT molecular complexity index is 425. The summed E-state index contributed by atoms with van der Waals surface area (Å²) < 4.78 is 5.00. The lowest BCUT2D eigenvalue weighted by atomic mass is 10.0. The van der Waals surface area contributed by atoms with Crippen molar-refractivity contribution in [3.8, 4) is 0 Å². The average Bonchev–Trinajstić information content (AvgIpc) is 2.74. The molecule has 18 heavy (non-hydrogen) atoms. The van der Waals surface area contributed by atoms with Gasteiger partial charge in [0.1, 0.15) is 5.76 Å². The molecule has 0 saturated carbocycles. The lowest BCUT2D eigenvalue weighted by Gasteiger charge is -2.14. The zero-order valence-electron chi connectivity index (χ0n) is 10.5. The maximum absolute atomic E-state index is 11.5. The molecule has 0 spiro atoms. The molecule has 1 aromatic rings. The van der Waals surface area contributed by atoms with Gasteiger partial charge in [0.05, 0.1) is 6.54 Å². The van der Waals surface area contributed by atoms with Crippen molar-refractivity contribution >= 4 is 11.9 Å². The number of nitrogens with one attached hydrogen (secondary N) is 1. The van der Waals surface area contributed by atoms with Crippen LogP contribution in [-0.2, 0) is 11.3 Å². The molecule has 0 aliphatic rings. The van der Waals surface area contributed by atoms with Crippen molar-refractivity contribution in [2.24, 2.45) is 11.7 Å². The molecule has 6 nitrogen and oxygen atoms in total. The molecule has 4 N–H and O–H groups in total. The van der Waals surface area contributed by atoms with E-state index in [1.54, 1.807) is 0 Å². The molecular weight excluding hydrogens is 236 g/mol. The number of amides is 1. The number of aromatic carboxylic acids is 1. The number of hydrogen-bond donors (Lipinski definition) is 3. The molecule has 0 aliphatic carbocycles. The minimum atomic E-state index is -1.13. The molecule has 1 unspecified atom stereocenters. The molecule has 1 aromatic heterocycles. The van der Waals surface area contributed by atoms with Gasteiger partial charge in [-0.15, -0.1) is 0 Å². The van der Waals surface area contributed by atoms with E-state index in [9.17, 15) is 9.59 Å². The molecular formula is C12H18N2O4. The van der Waals surface area contributed by atoms with Crippen LogP contribution in [0.3, 0.4) is 0 Å². The Labute approximate surface area is 105 Å². The molecule has 1 atom stereocenters. The van der Waals surface area contributed by atoms with E-state index in [1.165, 1.54) is 12.1 Å². The number of nitrogens with two attached hydrogens (primary N) is 1. The van der Waals surface area contributed by atoms with Gasteiger partial charge in [-0.25, -0.2) is 4.79 Å². The second-order valence-electron chi connectivity index (χ2n) is 4.46. The predicted octanol–water partition coefficient (Wildman–Crippen LogP) is 0.967. The highest BCUT2D eigenvalue weighted by Crippen LogP contribution is 2.08. The van der Waals surface area contributed by atoms with Crippen LogP contribution in [0.5, 0.6) is 0 Å². The van der Waals surface area contributed by atoms with Gasteiger partial charge < -0.3 is 20.6 Å². The summed E-state index contributed by atoms with van der Waals surface area (Å²) in [7, 11) is 0. The molecule has 0 aromatic carbocycles. The highest BCUT2D eigenvalue weighted by atomic mass is 16.4. The number of hydrogen-bond acceptors (Lipinski definition) is 4. The van der Waals surface area contributed by atoms with Crippen molar-refractivity contribution in [2.45, 2.75) is 32.9 Å². The monoisotopic (exact) mass is 254 g/mol. The first-order valence-electron chi connectivity index (χ1n) is 5.74. The Balaban J connectivity index is 2.40. The van der Waals surface area contributed by atoms with Gasteiger partial charge in [-0.05, 0) is 18.1 Å². The van der Waals surface area contributed by atoms with Crippen LogP contribution in [0.4, 0.5) is 0 Å². The molecule has 0 fully saturated rings. The van der Waals surface area contributed by atoms with E-state index < -0.39 is 5.97 Å². The summed E-state index contributed by atoms with van der Waals surface area (Å²) in [5.74, 6) is -0.811. The summed E-state index contributed by atoms with van der Waals surface area (Å²) in [5, 5.41) is 11.3. The molecule has 1 rings (SSSR count). The third kappa shape index (κ3) is 4.21. The zero-order valence-corrected chi connectivity index (χ0v) is 10.5. The SMILES string of the molecule is CC(C)C(N)CC(=O)NCc1ccc(C(=O)O)o1. The minimum Gasteiger partial charge on any atom is -0.475 e. The van der Waals surface area contributed by atoms with Crippen molar-refractivity contribution in [3.05, 3.63) is 23.7 Å². The van der Waals surface area contributed by atoms with Gasteiger partial charge >= 0.3 is 5.97 Å². The van der Waals surface area contributed by atoms with Crippen molar-refractivity contribution < 1.29 is 19.1 Å². The number of rotatable bonds is 6. The van der Waals surface area contributed by atoms with E-state index in [4.69, 9.17) is 15.3 Å². The van der Waals surface area contributed by atoms with Gasteiger partial charge in [0.15, 0.2) is 0 Å². The lowest BCUT2D eigenvalue weighted by Crippen LogP contribution is -2.34. The number of carboxylic acids is 1. The van der Waals surface area contributed by atoms with E-state index in [0.717, 1.165) is 0 Å². The third-order valence-electron chi connectivity index (χ3n) is 2.61. The van der Waals surface area contributed by atoms with E-state index in [2.05, 4.69) is 5.32 Å². The molecule has 0 saturated heterocycles. The Morgan fingerprint density at radius 3 is 2.61 bits per heavy atom. The van der Waals surface area contributed by atoms with Crippen molar-refractivity contribution in [3.63, 3.8) is 0 Å². The highest BCUT2D eigenvalue weighted by molar-refractivity contribution is 5.84. The van der Waals surface area contributed by atoms with Crippen molar-refractivity contribution in [2.75, 3.05) is 0 Å². The van der Waals surface area contributed by atoms with E-state index in [1.807, 2.05) is 13.8 Å². The first kappa shape index (κ1) is 14.2. The number of carbonyl (C=O) groups excluding carboxylic acids is 1. The fraction of sp³-hybridized carbons (Fsp3) is 0.500. The second-order valence-corrected chi connectivity index (χ2v) is 4.46. The lowest BCUT2D eigenvalue weighted by molar-refractivity contribution is -0.121. The minimum absolute atomic E-state index is 0.141. The topological polar surface area (TPSA) is 106 Å².